The number of aromatic carboxylic acids is 1. The van der Waals surface area contributed by atoms with Crippen LogP contribution in [-0.2, 0) is 22.4 Å². The number of β-amino-alcohol motifs (C(OH)–C–C–N with tert-alkyl or cyclic N) is 1. The van der Waals surface area contributed by atoms with Crippen LogP contribution in [0, 0.1) is 0 Å². The second-order valence-electron chi connectivity index (χ2n) is 11.8. The molecule has 2 saturated heterocycles. The number of nitrogens with one attached hydrogen (secondary N) is 1. The number of carboxylic acids is 1. The summed E-state index contributed by atoms with van der Waals surface area (Å²) in [4.78, 5) is 20.7. The van der Waals surface area contributed by atoms with Crippen LogP contribution in [0.15, 0.2) is 42.6 Å². The molecule has 3 aromatic rings. The fourth-order valence-electron chi connectivity index (χ4n) is 6.62. The van der Waals surface area contributed by atoms with E-state index in [9.17, 15) is 20.1 Å². The number of anilines is 2. The molecule has 1 aromatic carbocycles. The number of carboxylic acid groups (broad SMARTS) is 1. The molecule has 0 saturated carbocycles. The van der Waals surface area contributed by atoms with Crippen molar-refractivity contribution >= 4 is 39.6 Å². The van der Waals surface area contributed by atoms with E-state index in [0.29, 0.717) is 53.7 Å². The zero-order valence-electron chi connectivity index (χ0n) is 23.1. The van der Waals surface area contributed by atoms with E-state index in [1.165, 1.54) is 11.3 Å². The summed E-state index contributed by atoms with van der Waals surface area (Å²) in [6.45, 7) is 4.85. The Bertz CT molecular complexity index is 1520. The van der Waals surface area contributed by atoms with E-state index in [0.717, 1.165) is 35.0 Å². The monoisotopic (exact) mass is 612 g/mol. The number of fused-ring (bicyclic) bond motifs is 2. The molecule has 4 aliphatic rings. The Kier molecular flexibility index (Phi) is 6.87. The number of likely N-dealkylation sites (tertiary alicyclic amines) is 1. The number of carbonyl (C=O) groups is 1. The molecule has 12 heteroatoms. The van der Waals surface area contributed by atoms with Gasteiger partial charge in [-0.15, -0.1) is 11.3 Å². The lowest BCUT2D eigenvalue weighted by Gasteiger charge is -2.44. The van der Waals surface area contributed by atoms with Crippen molar-refractivity contribution in [3.8, 4) is 5.75 Å². The summed E-state index contributed by atoms with van der Waals surface area (Å²) in [5.74, 6) is -0.251. The molecule has 10 nitrogen and oxygen atoms in total. The van der Waals surface area contributed by atoms with Gasteiger partial charge in [-0.3, -0.25) is 9.88 Å². The SMILES string of the molecule is CC1(c2ccc(Cl)cn2)Cc2c(cccc2C2(O)CCN(CC3Nc4sc(C(=O)O)cc4N3CC3CCO3)CC2O)O1. The normalized spacial score (nSPS) is 30.3. The maximum atomic E-state index is 12.0. The Morgan fingerprint density at radius 1 is 1.29 bits per heavy atom. The van der Waals surface area contributed by atoms with E-state index in [1.54, 1.807) is 18.3 Å². The van der Waals surface area contributed by atoms with Gasteiger partial charge in [-0.2, -0.15) is 0 Å². The first-order valence-corrected chi connectivity index (χ1v) is 15.4. The van der Waals surface area contributed by atoms with Gasteiger partial charge in [-0.05, 0) is 49.6 Å². The predicted molar refractivity (Wildman–Crippen MR) is 159 cm³/mol. The number of aromatic nitrogens is 1. The highest BCUT2D eigenvalue weighted by atomic mass is 35.5. The highest BCUT2D eigenvalue weighted by Crippen LogP contribution is 2.47. The summed E-state index contributed by atoms with van der Waals surface area (Å²) in [6, 6.07) is 11.0. The first kappa shape index (κ1) is 27.9. The number of thiophene rings is 1. The van der Waals surface area contributed by atoms with Crippen molar-refractivity contribution < 1.29 is 29.6 Å². The Balaban J connectivity index is 1.07. The van der Waals surface area contributed by atoms with Crippen LogP contribution in [0.25, 0.3) is 0 Å². The Morgan fingerprint density at radius 2 is 2.12 bits per heavy atom. The van der Waals surface area contributed by atoms with Crippen molar-refractivity contribution in [2.45, 2.75) is 55.8 Å². The Labute approximate surface area is 252 Å². The van der Waals surface area contributed by atoms with Crippen LogP contribution in [0.4, 0.5) is 10.7 Å². The highest BCUT2D eigenvalue weighted by Gasteiger charge is 2.48. The van der Waals surface area contributed by atoms with Gasteiger partial charge in [0, 0.05) is 51.0 Å². The van der Waals surface area contributed by atoms with Crippen molar-refractivity contribution in [2.75, 3.05) is 43.0 Å². The van der Waals surface area contributed by atoms with E-state index < -0.39 is 23.3 Å². The van der Waals surface area contributed by atoms with Gasteiger partial charge in [0.2, 0.25) is 0 Å². The third kappa shape index (κ3) is 4.72. The number of hydrogen-bond donors (Lipinski definition) is 4. The fourth-order valence-corrected chi connectivity index (χ4v) is 7.69. The number of benzene rings is 1. The highest BCUT2D eigenvalue weighted by molar-refractivity contribution is 7.18. The van der Waals surface area contributed by atoms with Gasteiger partial charge >= 0.3 is 5.97 Å². The average Bonchev–Trinajstić information content (AvgIpc) is 3.59. The molecular formula is C30H33ClN4O6S. The van der Waals surface area contributed by atoms with Crippen LogP contribution in [0.5, 0.6) is 5.75 Å². The molecule has 7 rings (SSSR count). The van der Waals surface area contributed by atoms with Crippen LogP contribution < -0.4 is 15.0 Å². The van der Waals surface area contributed by atoms with Crippen LogP contribution in [-0.4, -0.2) is 82.3 Å². The number of rotatable bonds is 7. The van der Waals surface area contributed by atoms with Crippen LogP contribution in [0.3, 0.4) is 0 Å². The largest absolute Gasteiger partial charge is 0.481 e. The van der Waals surface area contributed by atoms with Crippen molar-refractivity contribution in [1.82, 2.24) is 9.88 Å². The Morgan fingerprint density at radius 3 is 2.81 bits per heavy atom. The minimum atomic E-state index is -1.43. The summed E-state index contributed by atoms with van der Waals surface area (Å²) in [6.07, 6.45) is 2.44. The van der Waals surface area contributed by atoms with Crippen molar-refractivity contribution in [3.05, 3.63) is 69.3 Å². The maximum Gasteiger partial charge on any atom is 0.346 e. The zero-order chi connectivity index (χ0) is 29.2. The molecule has 42 heavy (non-hydrogen) atoms. The molecule has 0 spiro atoms. The Hall–Kier alpha value is -2.93. The lowest BCUT2D eigenvalue weighted by atomic mass is 9.78. The zero-order valence-corrected chi connectivity index (χ0v) is 24.7. The molecule has 6 heterocycles. The minimum absolute atomic E-state index is 0.0985. The quantitative estimate of drug-likeness (QED) is 0.314. The summed E-state index contributed by atoms with van der Waals surface area (Å²) in [5.41, 5.74) is 1.06. The van der Waals surface area contributed by atoms with Gasteiger partial charge in [0.1, 0.15) is 27.4 Å². The molecule has 4 aliphatic heterocycles. The molecule has 0 aliphatic carbocycles. The molecule has 2 fully saturated rings. The molecule has 5 atom stereocenters. The van der Waals surface area contributed by atoms with E-state index in [2.05, 4.69) is 20.1 Å². The fraction of sp³-hybridized carbons (Fsp3) is 0.467. The van der Waals surface area contributed by atoms with Gasteiger partial charge in [-0.1, -0.05) is 23.7 Å². The second-order valence-corrected chi connectivity index (χ2v) is 13.3. The topological polar surface area (TPSA) is 128 Å². The number of hydrogen-bond acceptors (Lipinski definition) is 10. The van der Waals surface area contributed by atoms with Gasteiger partial charge in [0.05, 0.1) is 28.6 Å². The average molecular weight is 613 g/mol. The first-order chi connectivity index (χ1) is 20.1. The number of nitrogens with zero attached hydrogens (tertiary/aromatic N) is 3. The number of ether oxygens (including phenoxy) is 2. The molecule has 0 amide bonds. The summed E-state index contributed by atoms with van der Waals surface area (Å²) in [7, 11) is 0. The number of piperidine rings is 1. The molecule has 4 N–H and O–H groups in total. The predicted octanol–water partition coefficient (Wildman–Crippen LogP) is 3.65. The van der Waals surface area contributed by atoms with Gasteiger partial charge in [0.15, 0.2) is 5.60 Å². The summed E-state index contributed by atoms with van der Waals surface area (Å²) >= 11 is 7.29. The van der Waals surface area contributed by atoms with E-state index in [-0.39, 0.29) is 18.8 Å². The number of halogens is 1. The third-order valence-corrected chi connectivity index (χ3v) is 10.3. The molecule has 0 bridgehead atoms. The van der Waals surface area contributed by atoms with Crippen molar-refractivity contribution in [1.29, 1.82) is 0 Å². The third-order valence-electron chi connectivity index (χ3n) is 9.04. The van der Waals surface area contributed by atoms with E-state index in [1.807, 2.05) is 31.2 Å². The maximum absolute atomic E-state index is 12.0. The lowest BCUT2D eigenvalue weighted by Crippen LogP contribution is -2.57. The van der Waals surface area contributed by atoms with Crippen LogP contribution >= 0.6 is 22.9 Å². The van der Waals surface area contributed by atoms with E-state index in [4.69, 9.17) is 21.1 Å². The molecular weight excluding hydrogens is 580 g/mol. The van der Waals surface area contributed by atoms with Gasteiger partial charge < -0.3 is 35.0 Å². The molecule has 2 aromatic heterocycles. The molecule has 5 unspecified atom stereocenters. The van der Waals surface area contributed by atoms with Gasteiger partial charge in [-0.25, -0.2) is 4.79 Å². The standard InChI is InChI=1S/C30H33ClN4O6S/c1-29(24-6-5-17(31)13-32-24)12-19-20(3-2-4-22(19)41-29)30(39)8-9-34(15-25(30)36)16-26-33-27-21(11-23(42-27)28(37)38)35(26)14-18-7-10-40-18/h2-6,11,13,18,25-26,33,36,39H,7-10,12,14-16H2,1H3,(H,37,38). The van der Waals surface area contributed by atoms with Crippen molar-refractivity contribution in [3.63, 3.8) is 0 Å². The summed E-state index contributed by atoms with van der Waals surface area (Å²) < 4.78 is 12.1. The minimum Gasteiger partial charge on any atom is -0.481 e. The second kappa shape index (κ2) is 10.4. The van der Waals surface area contributed by atoms with Crippen LogP contribution in [0.1, 0.15) is 46.3 Å². The molecule has 0 radical (unpaired) electrons. The molecule has 222 valence electrons. The number of aliphatic hydroxyl groups excluding tert-OH is 1. The van der Waals surface area contributed by atoms with E-state index >= 15 is 0 Å². The van der Waals surface area contributed by atoms with Crippen molar-refractivity contribution in [2.24, 2.45) is 0 Å². The van der Waals surface area contributed by atoms with Gasteiger partial charge in [0.25, 0.3) is 0 Å². The number of pyridine rings is 1. The summed E-state index contributed by atoms with van der Waals surface area (Å²) in [5, 5.41) is 37.8. The first-order valence-electron chi connectivity index (χ1n) is 14.2. The number of aliphatic hydroxyl groups is 2. The smallest absolute Gasteiger partial charge is 0.346 e. The van der Waals surface area contributed by atoms with Crippen LogP contribution in [0.2, 0.25) is 5.02 Å². The lowest BCUT2D eigenvalue weighted by molar-refractivity contribution is -0.125.